The maximum Gasteiger partial charge on any atom is 0.239 e. The van der Waals surface area contributed by atoms with Crippen LogP contribution in [-0.2, 0) is 9.59 Å². The second-order valence-electron chi connectivity index (χ2n) is 5.59. The van der Waals surface area contributed by atoms with E-state index >= 15 is 0 Å². The Balaban J connectivity index is 2.06. The molecule has 1 aliphatic rings. The summed E-state index contributed by atoms with van der Waals surface area (Å²) in [5.41, 5.74) is -0.641. The molecule has 1 aromatic rings. The Hall–Kier alpha value is -1.91. The monoisotopic (exact) mass is 278 g/mol. The first-order valence-corrected chi connectivity index (χ1v) is 6.77. The van der Waals surface area contributed by atoms with Crippen molar-refractivity contribution in [2.45, 2.75) is 26.7 Å². The number of likely N-dealkylation sites (tertiary alicyclic amines) is 1. The number of nitrogens with zero attached hydrogens (tertiary/aromatic N) is 1. The van der Waals surface area contributed by atoms with Crippen LogP contribution in [0.4, 0.5) is 10.1 Å². The maximum absolute atomic E-state index is 12.8. The number of anilines is 1. The number of hydrogen-bond donors (Lipinski definition) is 1. The molecule has 0 radical (unpaired) electrons. The van der Waals surface area contributed by atoms with Gasteiger partial charge in [0.1, 0.15) is 11.2 Å². The molecular weight excluding hydrogens is 259 g/mol. The van der Waals surface area contributed by atoms with Gasteiger partial charge in [0.2, 0.25) is 11.8 Å². The summed E-state index contributed by atoms with van der Waals surface area (Å²) in [5, 5.41) is 2.66. The van der Waals surface area contributed by atoms with Crippen LogP contribution in [0.1, 0.15) is 26.7 Å². The van der Waals surface area contributed by atoms with Crippen LogP contribution in [0.2, 0.25) is 0 Å². The SMILES string of the molecule is CC(C)(C(=O)Nc1ccc(F)cc1)C(=O)N1CCCC1. The van der Waals surface area contributed by atoms with Gasteiger partial charge in [0, 0.05) is 18.8 Å². The lowest BCUT2D eigenvalue weighted by atomic mass is 9.90. The van der Waals surface area contributed by atoms with Crippen LogP contribution in [-0.4, -0.2) is 29.8 Å². The molecule has 0 bridgehead atoms. The van der Waals surface area contributed by atoms with Crippen LogP contribution in [0, 0.1) is 11.2 Å². The number of nitrogens with one attached hydrogen (secondary N) is 1. The zero-order chi connectivity index (χ0) is 14.8. The molecule has 0 unspecified atom stereocenters. The summed E-state index contributed by atoms with van der Waals surface area (Å²) in [6.45, 7) is 4.66. The Kier molecular flexibility index (Phi) is 4.06. The Morgan fingerprint density at radius 2 is 1.70 bits per heavy atom. The number of benzene rings is 1. The molecule has 2 rings (SSSR count). The lowest BCUT2D eigenvalue weighted by Gasteiger charge is -2.28. The smallest absolute Gasteiger partial charge is 0.239 e. The standard InChI is InChI=1S/C15H19FN2O2/c1-15(2,14(20)18-9-3-4-10-18)13(19)17-12-7-5-11(16)6-8-12/h5-8H,3-4,9-10H2,1-2H3,(H,17,19). The van der Waals surface area contributed by atoms with Gasteiger partial charge in [-0.25, -0.2) is 4.39 Å². The first-order chi connectivity index (χ1) is 9.41. The van der Waals surface area contributed by atoms with Crippen molar-refractivity contribution >= 4 is 17.5 Å². The molecule has 1 saturated heterocycles. The van der Waals surface area contributed by atoms with Crippen molar-refractivity contribution in [1.82, 2.24) is 4.90 Å². The van der Waals surface area contributed by atoms with Gasteiger partial charge in [-0.15, -0.1) is 0 Å². The average Bonchev–Trinajstić information content (AvgIpc) is 2.94. The quantitative estimate of drug-likeness (QED) is 0.863. The minimum absolute atomic E-state index is 0.158. The predicted molar refractivity (Wildman–Crippen MR) is 74.6 cm³/mol. The molecule has 108 valence electrons. The summed E-state index contributed by atoms with van der Waals surface area (Å²) >= 11 is 0. The molecule has 1 N–H and O–H groups in total. The molecule has 2 amide bonds. The lowest BCUT2D eigenvalue weighted by molar-refractivity contribution is -0.145. The molecule has 0 aliphatic carbocycles. The Morgan fingerprint density at radius 1 is 1.15 bits per heavy atom. The average molecular weight is 278 g/mol. The highest BCUT2D eigenvalue weighted by atomic mass is 19.1. The molecule has 0 atom stereocenters. The molecule has 1 heterocycles. The van der Waals surface area contributed by atoms with Crippen molar-refractivity contribution in [3.05, 3.63) is 30.1 Å². The van der Waals surface area contributed by atoms with Gasteiger partial charge in [-0.3, -0.25) is 9.59 Å². The molecule has 1 aliphatic heterocycles. The van der Waals surface area contributed by atoms with Gasteiger partial charge in [0.15, 0.2) is 0 Å². The van der Waals surface area contributed by atoms with Gasteiger partial charge in [-0.05, 0) is 51.0 Å². The molecular formula is C15H19FN2O2. The third-order valence-electron chi connectivity index (χ3n) is 3.60. The van der Waals surface area contributed by atoms with E-state index in [1.165, 1.54) is 24.3 Å². The normalized spacial score (nSPS) is 15.2. The van der Waals surface area contributed by atoms with Crippen molar-refractivity contribution in [1.29, 1.82) is 0 Å². The first kappa shape index (κ1) is 14.5. The van der Waals surface area contributed by atoms with E-state index in [1.807, 2.05) is 0 Å². The van der Waals surface area contributed by atoms with Crippen LogP contribution in [0.3, 0.4) is 0 Å². The summed E-state index contributed by atoms with van der Waals surface area (Å²) in [7, 11) is 0. The number of carbonyl (C=O) groups excluding carboxylic acids is 2. The predicted octanol–water partition coefficient (Wildman–Crippen LogP) is 2.41. The number of hydrogen-bond acceptors (Lipinski definition) is 2. The summed E-state index contributed by atoms with van der Waals surface area (Å²) in [6.07, 6.45) is 1.98. The van der Waals surface area contributed by atoms with Crippen molar-refractivity contribution in [3.8, 4) is 0 Å². The highest BCUT2D eigenvalue weighted by Gasteiger charge is 2.39. The number of carbonyl (C=O) groups is 2. The highest BCUT2D eigenvalue weighted by molar-refractivity contribution is 6.09. The fourth-order valence-corrected chi connectivity index (χ4v) is 2.23. The van der Waals surface area contributed by atoms with E-state index in [9.17, 15) is 14.0 Å². The zero-order valence-electron chi connectivity index (χ0n) is 11.8. The lowest BCUT2D eigenvalue weighted by Crippen LogP contribution is -2.46. The van der Waals surface area contributed by atoms with Crippen LogP contribution >= 0.6 is 0 Å². The molecule has 5 heteroatoms. The Morgan fingerprint density at radius 3 is 2.25 bits per heavy atom. The van der Waals surface area contributed by atoms with Crippen LogP contribution in [0.15, 0.2) is 24.3 Å². The molecule has 1 aromatic carbocycles. The maximum atomic E-state index is 12.8. The second-order valence-corrected chi connectivity index (χ2v) is 5.59. The second kappa shape index (κ2) is 5.61. The summed E-state index contributed by atoms with van der Waals surface area (Å²) < 4.78 is 12.8. The number of amides is 2. The number of rotatable bonds is 3. The van der Waals surface area contributed by atoms with E-state index < -0.39 is 5.41 Å². The van der Waals surface area contributed by atoms with Crippen molar-refractivity contribution in [3.63, 3.8) is 0 Å². The third-order valence-corrected chi connectivity index (χ3v) is 3.60. The molecule has 4 nitrogen and oxygen atoms in total. The summed E-state index contributed by atoms with van der Waals surface area (Å²) in [4.78, 5) is 26.3. The summed E-state index contributed by atoms with van der Waals surface area (Å²) in [6, 6.07) is 5.49. The van der Waals surface area contributed by atoms with Gasteiger partial charge < -0.3 is 10.2 Å². The molecule has 0 aromatic heterocycles. The van der Waals surface area contributed by atoms with E-state index in [0.29, 0.717) is 18.8 Å². The van der Waals surface area contributed by atoms with Gasteiger partial charge >= 0.3 is 0 Å². The molecule has 20 heavy (non-hydrogen) atoms. The fourth-order valence-electron chi connectivity index (χ4n) is 2.23. The van der Waals surface area contributed by atoms with Crippen molar-refractivity contribution in [2.24, 2.45) is 5.41 Å². The minimum atomic E-state index is -1.13. The van der Waals surface area contributed by atoms with Gasteiger partial charge in [0.25, 0.3) is 0 Å². The molecule has 1 fully saturated rings. The zero-order valence-corrected chi connectivity index (χ0v) is 11.8. The summed E-state index contributed by atoms with van der Waals surface area (Å²) in [5.74, 6) is -0.897. The van der Waals surface area contributed by atoms with Crippen LogP contribution < -0.4 is 5.32 Å². The van der Waals surface area contributed by atoms with E-state index in [1.54, 1.807) is 18.7 Å². The van der Waals surface area contributed by atoms with Crippen LogP contribution in [0.5, 0.6) is 0 Å². The Labute approximate surface area is 118 Å². The van der Waals surface area contributed by atoms with Gasteiger partial charge in [-0.2, -0.15) is 0 Å². The van der Waals surface area contributed by atoms with E-state index in [0.717, 1.165) is 12.8 Å². The van der Waals surface area contributed by atoms with E-state index in [2.05, 4.69) is 5.32 Å². The Bertz CT molecular complexity index is 505. The first-order valence-electron chi connectivity index (χ1n) is 6.77. The van der Waals surface area contributed by atoms with E-state index in [-0.39, 0.29) is 17.6 Å². The number of halogens is 1. The van der Waals surface area contributed by atoms with Gasteiger partial charge in [-0.1, -0.05) is 0 Å². The van der Waals surface area contributed by atoms with Crippen LogP contribution in [0.25, 0.3) is 0 Å². The molecule has 0 spiro atoms. The largest absolute Gasteiger partial charge is 0.342 e. The van der Waals surface area contributed by atoms with Crippen molar-refractivity contribution in [2.75, 3.05) is 18.4 Å². The fraction of sp³-hybridized carbons (Fsp3) is 0.467. The van der Waals surface area contributed by atoms with Gasteiger partial charge in [0.05, 0.1) is 0 Å². The topological polar surface area (TPSA) is 49.4 Å². The highest BCUT2D eigenvalue weighted by Crippen LogP contribution is 2.24. The van der Waals surface area contributed by atoms with Crippen molar-refractivity contribution < 1.29 is 14.0 Å². The minimum Gasteiger partial charge on any atom is -0.342 e. The third kappa shape index (κ3) is 2.98. The van der Waals surface area contributed by atoms with E-state index in [4.69, 9.17) is 0 Å². The molecule has 0 saturated carbocycles.